The van der Waals surface area contributed by atoms with Gasteiger partial charge in [-0.25, -0.2) is 0 Å². The highest BCUT2D eigenvalue weighted by atomic mass is 127. The number of hydrogen-bond donors (Lipinski definition) is 0. The SMILES string of the molecule is N#CC1(C#N)C(c2ccccc2I)C(C(=O)c2ccccc2)N2C=Cc3ccccc3C21. The molecule has 154 valence electrons. The Labute approximate surface area is 200 Å². The van der Waals surface area contributed by atoms with Gasteiger partial charge in [-0.15, -0.1) is 0 Å². The van der Waals surface area contributed by atoms with Gasteiger partial charge in [0, 0.05) is 21.3 Å². The molecule has 3 aromatic rings. The number of fused-ring (bicyclic) bond motifs is 3. The van der Waals surface area contributed by atoms with Crippen LogP contribution < -0.4 is 0 Å². The van der Waals surface area contributed by atoms with E-state index in [2.05, 4.69) is 34.7 Å². The molecule has 0 amide bonds. The van der Waals surface area contributed by atoms with E-state index in [0.29, 0.717) is 5.56 Å². The molecule has 0 N–H and O–H groups in total. The van der Waals surface area contributed by atoms with Crippen LogP contribution in [0.1, 0.15) is 39.0 Å². The summed E-state index contributed by atoms with van der Waals surface area (Å²) in [4.78, 5) is 15.9. The summed E-state index contributed by atoms with van der Waals surface area (Å²) in [5.74, 6) is -0.698. The number of halogens is 1. The predicted molar refractivity (Wildman–Crippen MR) is 130 cm³/mol. The van der Waals surface area contributed by atoms with E-state index >= 15 is 0 Å². The minimum absolute atomic E-state index is 0.0864. The molecular formula is C27H18IN3O. The number of carbonyl (C=O) groups is 1. The molecule has 0 radical (unpaired) electrons. The lowest BCUT2D eigenvalue weighted by Crippen LogP contribution is -2.38. The summed E-state index contributed by atoms with van der Waals surface area (Å²) in [5, 5.41) is 21.1. The highest BCUT2D eigenvalue weighted by molar-refractivity contribution is 14.1. The molecule has 2 aliphatic rings. The Hall–Kier alpha value is -3.42. The number of hydrogen-bond acceptors (Lipinski definition) is 4. The van der Waals surface area contributed by atoms with Gasteiger partial charge >= 0.3 is 0 Å². The molecule has 4 nitrogen and oxygen atoms in total. The normalized spacial score (nSPS) is 22.3. The molecule has 2 aliphatic heterocycles. The number of rotatable bonds is 3. The first-order valence-corrected chi connectivity index (χ1v) is 11.4. The molecule has 0 spiro atoms. The fourth-order valence-corrected chi connectivity index (χ4v) is 5.86. The molecule has 1 saturated heterocycles. The van der Waals surface area contributed by atoms with Crippen molar-refractivity contribution < 1.29 is 4.79 Å². The summed E-state index contributed by atoms with van der Waals surface area (Å²) in [6, 6.07) is 28.2. The van der Waals surface area contributed by atoms with Crippen molar-refractivity contribution in [3.05, 3.63) is 111 Å². The van der Waals surface area contributed by atoms with Crippen molar-refractivity contribution in [2.75, 3.05) is 0 Å². The third kappa shape index (κ3) is 2.89. The van der Waals surface area contributed by atoms with Crippen molar-refractivity contribution in [3.8, 4) is 12.1 Å². The topological polar surface area (TPSA) is 67.9 Å². The van der Waals surface area contributed by atoms with Crippen LogP contribution >= 0.6 is 22.6 Å². The molecule has 0 aromatic heterocycles. The monoisotopic (exact) mass is 527 g/mol. The lowest BCUT2D eigenvalue weighted by Gasteiger charge is -2.34. The Morgan fingerprint density at radius 1 is 0.875 bits per heavy atom. The van der Waals surface area contributed by atoms with Crippen molar-refractivity contribution in [2.24, 2.45) is 5.41 Å². The number of Topliss-reactive ketones (excluding diaryl/α,β-unsaturated/α-hetero) is 1. The van der Waals surface area contributed by atoms with Crippen molar-refractivity contribution in [2.45, 2.75) is 18.0 Å². The maximum absolute atomic E-state index is 13.9. The molecule has 5 heteroatoms. The summed E-state index contributed by atoms with van der Waals surface area (Å²) < 4.78 is 0.938. The van der Waals surface area contributed by atoms with Crippen LogP contribution in [0.5, 0.6) is 0 Å². The van der Waals surface area contributed by atoms with Crippen molar-refractivity contribution in [3.63, 3.8) is 0 Å². The average Bonchev–Trinajstić information content (AvgIpc) is 3.15. The van der Waals surface area contributed by atoms with Gasteiger partial charge < -0.3 is 4.90 Å². The van der Waals surface area contributed by atoms with Crippen LogP contribution in [0.25, 0.3) is 6.08 Å². The summed E-state index contributed by atoms with van der Waals surface area (Å²) in [6.45, 7) is 0. The fraction of sp³-hybridized carbons (Fsp3) is 0.148. The predicted octanol–water partition coefficient (Wildman–Crippen LogP) is 5.70. The van der Waals surface area contributed by atoms with Gasteiger partial charge in [0.15, 0.2) is 11.2 Å². The molecule has 2 heterocycles. The molecule has 3 aromatic carbocycles. The van der Waals surface area contributed by atoms with E-state index in [-0.39, 0.29) is 5.78 Å². The van der Waals surface area contributed by atoms with Gasteiger partial charge in [0.2, 0.25) is 0 Å². The van der Waals surface area contributed by atoms with Gasteiger partial charge in [-0.05, 0) is 51.4 Å². The summed E-state index contributed by atoms with van der Waals surface area (Å²) >= 11 is 2.23. The number of benzene rings is 3. The molecular weight excluding hydrogens is 509 g/mol. The maximum Gasteiger partial charge on any atom is 0.185 e. The first kappa shape index (κ1) is 20.5. The molecule has 0 saturated carbocycles. The van der Waals surface area contributed by atoms with Crippen molar-refractivity contribution in [1.29, 1.82) is 10.5 Å². The van der Waals surface area contributed by atoms with Crippen LogP contribution in [0.3, 0.4) is 0 Å². The molecule has 3 unspecified atom stereocenters. The Bertz CT molecular complexity index is 1300. The number of nitriles is 2. The van der Waals surface area contributed by atoms with Crippen LogP contribution in [-0.2, 0) is 0 Å². The molecule has 0 aliphatic carbocycles. The van der Waals surface area contributed by atoms with Crippen LogP contribution in [0, 0.1) is 31.6 Å². The van der Waals surface area contributed by atoms with Gasteiger partial charge in [0.1, 0.15) is 6.04 Å². The van der Waals surface area contributed by atoms with Gasteiger partial charge in [-0.3, -0.25) is 4.79 Å². The van der Waals surface area contributed by atoms with Crippen LogP contribution in [-0.4, -0.2) is 16.7 Å². The van der Waals surface area contributed by atoms with Gasteiger partial charge in [0.25, 0.3) is 0 Å². The third-order valence-electron chi connectivity index (χ3n) is 6.51. The highest BCUT2D eigenvalue weighted by Crippen LogP contribution is 2.60. The van der Waals surface area contributed by atoms with E-state index in [1.54, 1.807) is 12.1 Å². The highest BCUT2D eigenvalue weighted by Gasteiger charge is 2.64. The smallest absolute Gasteiger partial charge is 0.185 e. The molecule has 5 rings (SSSR count). The van der Waals surface area contributed by atoms with E-state index < -0.39 is 23.4 Å². The minimum atomic E-state index is -1.43. The van der Waals surface area contributed by atoms with Crippen molar-refractivity contribution in [1.82, 2.24) is 4.90 Å². The number of ketones is 1. The third-order valence-corrected chi connectivity index (χ3v) is 7.49. The fourth-order valence-electron chi connectivity index (χ4n) is 5.14. The number of nitrogens with zero attached hydrogens (tertiary/aromatic N) is 3. The lowest BCUT2D eigenvalue weighted by atomic mass is 9.67. The first-order chi connectivity index (χ1) is 15.6. The van der Waals surface area contributed by atoms with Gasteiger partial charge in [-0.1, -0.05) is 72.8 Å². The lowest BCUT2D eigenvalue weighted by molar-refractivity contribution is 0.0874. The standard InChI is InChI=1S/C27H18IN3O/c28-22-13-7-6-12-21(22)23-24(25(32)19-9-2-1-3-10-19)31-15-14-18-8-4-5-11-20(18)26(31)27(23,16-29)17-30/h1-15,23-24,26H. The van der Waals surface area contributed by atoms with E-state index in [1.807, 2.05) is 83.9 Å². The minimum Gasteiger partial charge on any atom is -0.357 e. The summed E-state index contributed by atoms with van der Waals surface area (Å²) in [7, 11) is 0. The first-order valence-electron chi connectivity index (χ1n) is 10.3. The van der Waals surface area contributed by atoms with E-state index in [1.165, 1.54) is 0 Å². The number of carbonyl (C=O) groups excluding carboxylic acids is 1. The molecule has 1 fully saturated rings. The van der Waals surface area contributed by atoms with Gasteiger partial charge in [-0.2, -0.15) is 10.5 Å². The summed E-state index contributed by atoms with van der Waals surface area (Å²) in [6.07, 6.45) is 3.85. The Morgan fingerprint density at radius 2 is 1.50 bits per heavy atom. The van der Waals surface area contributed by atoms with E-state index in [9.17, 15) is 15.3 Å². The molecule has 3 atom stereocenters. The molecule has 0 bridgehead atoms. The van der Waals surface area contributed by atoms with Crippen LogP contribution in [0.2, 0.25) is 0 Å². The second-order valence-corrected chi connectivity index (χ2v) is 9.22. The summed E-state index contributed by atoms with van der Waals surface area (Å²) in [5.41, 5.74) is 1.87. The van der Waals surface area contributed by atoms with Crippen LogP contribution in [0.15, 0.2) is 85.1 Å². The largest absolute Gasteiger partial charge is 0.357 e. The zero-order chi connectivity index (χ0) is 22.3. The van der Waals surface area contributed by atoms with E-state index in [0.717, 1.165) is 20.3 Å². The molecule has 32 heavy (non-hydrogen) atoms. The zero-order valence-corrected chi connectivity index (χ0v) is 19.2. The Balaban J connectivity index is 1.80. The second kappa shape index (κ2) is 7.93. The zero-order valence-electron chi connectivity index (χ0n) is 17.0. The van der Waals surface area contributed by atoms with Crippen molar-refractivity contribution >= 4 is 34.5 Å². The average molecular weight is 527 g/mol. The Kier molecular flexibility index (Phi) is 5.07. The van der Waals surface area contributed by atoms with Gasteiger partial charge in [0.05, 0.1) is 18.2 Å². The van der Waals surface area contributed by atoms with Crippen LogP contribution in [0.4, 0.5) is 0 Å². The van der Waals surface area contributed by atoms with E-state index in [4.69, 9.17) is 0 Å². The maximum atomic E-state index is 13.9. The quantitative estimate of drug-likeness (QED) is 0.324. The second-order valence-electron chi connectivity index (χ2n) is 8.06. The Morgan fingerprint density at radius 3 is 2.19 bits per heavy atom.